The zero-order chi connectivity index (χ0) is 28.9. The number of rotatable bonds is 8. The molecule has 2 atom stereocenters. The molecule has 0 saturated carbocycles. The van der Waals surface area contributed by atoms with Crippen LogP contribution in [-0.2, 0) is 11.3 Å². The molecule has 1 saturated heterocycles. The molecule has 0 unspecified atom stereocenters. The van der Waals surface area contributed by atoms with Crippen molar-refractivity contribution < 1.29 is 9.59 Å². The minimum atomic E-state index is -0.0543. The van der Waals surface area contributed by atoms with Gasteiger partial charge >= 0.3 is 0 Å². The van der Waals surface area contributed by atoms with E-state index in [0.29, 0.717) is 23.6 Å². The first kappa shape index (κ1) is 29.2. The molecule has 3 aromatic carbocycles. The Hall–Kier alpha value is -3.35. The van der Waals surface area contributed by atoms with Crippen LogP contribution in [0.5, 0.6) is 0 Å². The molecule has 3 aromatic rings. The number of aryl methyl sites for hydroxylation is 2. The van der Waals surface area contributed by atoms with Crippen molar-refractivity contribution in [3.05, 3.63) is 99.5 Å². The maximum atomic E-state index is 13.7. The second kappa shape index (κ2) is 13.1. The number of carbonyl (C=O) groups excluding carboxylic acids is 2. The SMILES string of the molecule is Cc1ccc(C)c(CN2C(=O)/C(=C/c3ccc(C(=O)NCCCN4C[C@H](C)C[C@@H](C)C4)cc3)Sc3ccccc32)c1. The van der Waals surface area contributed by atoms with Gasteiger partial charge in [-0.25, -0.2) is 0 Å². The summed E-state index contributed by atoms with van der Waals surface area (Å²) < 4.78 is 0. The minimum Gasteiger partial charge on any atom is -0.352 e. The normalized spacial score (nSPS) is 20.2. The van der Waals surface area contributed by atoms with E-state index in [9.17, 15) is 9.59 Å². The molecule has 6 heteroatoms. The van der Waals surface area contributed by atoms with Crippen molar-refractivity contribution in [2.75, 3.05) is 31.1 Å². The fraction of sp³-hybridized carbons (Fsp3) is 0.371. The Kier molecular flexibility index (Phi) is 9.31. The Morgan fingerprint density at radius 2 is 1.73 bits per heavy atom. The highest BCUT2D eigenvalue weighted by Crippen LogP contribution is 2.42. The molecule has 0 spiro atoms. The predicted molar refractivity (Wildman–Crippen MR) is 170 cm³/mol. The number of para-hydroxylation sites is 1. The van der Waals surface area contributed by atoms with Crippen LogP contribution in [0.1, 0.15) is 59.3 Å². The number of fused-ring (bicyclic) bond motifs is 1. The van der Waals surface area contributed by atoms with Gasteiger partial charge in [-0.3, -0.25) is 9.59 Å². The highest BCUT2D eigenvalue weighted by atomic mass is 32.2. The van der Waals surface area contributed by atoms with Gasteiger partial charge in [0.25, 0.3) is 11.8 Å². The lowest BCUT2D eigenvalue weighted by atomic mass is 9.92. The molecule has 0 aromatic heterocycles. The topological polar surface area (TPSA) is 52.7 Å². The Bertz CT molecular complexity index is 1420. The van der Waals surface area contributed by atoms with Crippen LogP contribution in [0.25, 0.3) is 6.08 Å². The van der Waals surface area contributed by atoms with Crippen molar-refractivity contribution in [3.63, 3.8) is 0 Å². The summed E-state index contributed by atoms with van der Waals surface area (Å²) in [5, 5.41) is 3.07. The Morgan fingerprint density at radius 3 is 2.49 bits per heavy atom. The Morgan fingerprint density at radius 1 is 1.00 bits per heavy atom. The molecule has 2 heterocycles. The van der Waals surface area contributed by atoms with Crippen molar-refractivity contribution in [2.45, 2.75) is 52.0 Å². The van der Waals surface area contributed by atoms with Gasteiger partial charge in [-0.1, -0.05) is 73.6 Å². The zero-order valence-corrected chi connectivity index (χ0v) is 25.5. The van der Waals surface area contributed by atoms with Crippen LogP contribution in [0.15, 0.2) is 76.5 Å². The summed E-state index contributed by atoms with van der Waals surface area (Å²) in [5.74, 6) is 1.44. The van der Waals surface area contributed by atoms with E-state index in [2.05, 4.69) is 62.2 Å². The standard InChI is InChI=1S/C35H41N3O2S/c1-24-10-11-27(4)30(19-24)23-38-31-8-5-6-9-32(31)41-33(35(38)40)20-28-12-14-29(15-13-28)34(39)36-16-7-17-37-21-25(2)18-26(3)22-37/h5-6,8-15,19-20,25-26H,7,16-18,21-23H2,1-4H3,(H,36,39)/b33-20-/t25-,26-/m1/s1. The number of nitrogens with zero attached hydrogens (tertiary/aromatic N) is 2. The number of hydrogen-bond acceptors (Lipinski definition) is 4. The van der Waals surface area contributed by atoms with Gasteiger partial charge in [0.2, 0.25) is 0 Å². The van der Waals surface area contributed by atoms with Gasteiger partial charge in [0.15, 0.2) is 0 Å². The van der Waals surface area contributed by atoms with E-state index in [4.69, 9.17) is 0 Å². The van der Waals surface area contributed by atoms with E-state index < -0.39 is 0 Å². The van der Waals surface area contributed by atoms with Gasteiger partial charge in [-0.05, 0) is 92.1 Å². The van der Waals surface area contributed by atoms with E-state index in [0.717, 1.165) is 59.6 Å². The first-order chi connectivity index (χ1) is 19.8. The molecule has 2 aliphatic heterocycles. The van der Waals surface area contributed by atoms with Crippen LogP contribution in [0.4, 0.5) is 5.69 Å². The van der Waals surface area contributed by atoms with E-state index in [1.54, 1.807) is 0 Å². The molecule has 0 bridgehead atoms. The number of nitrogens with one attached hydrogen (secondary N) is 1. The lowest BCUT2D eigenvalue weighted by molar-refractivity contribution is -0.114. The van der Waals surface area contributed by atoms with E-state index in [1.807, 2.05) is 53.4 Å². The highest BCUT2D eigenvalue weighted by Gasteiger charge is 2.29. The Balaban J connectivity index is 1.23. The van der Waals surface area contributed by atoms with Crippen molar-refractivity contribution in [2.24, 2.45) is 11.8 Å². The number of thioether (sulfide) groups is 1. The number of hydrogen-bond donors (Lipinski definition) is 1. The van der Waals surface area contributed by atoms with Crippen molar-refractivity contribution in [1.29, 1.82) is 0 Å². The Labute approximate surface area is 249 Å². The average molecular weight is 568 g/mol. The number of likely N-dealkylation sites (tertiary alicyclic amines) is 1. The summed E-state index contributed by atoms with van der Waals surface area (Å²) in [4.78, 5) is 32.6. The lowest BCUT2D eigenvalue weighted by Crippen LogP contribution is -2.40. The summed E-state index contributed by atoms with van der Waals surface area (Å²) in [6.45, 7) is 13.4. The average Bonchev–Trinajstić information content (AvgIpc) is 2.95. The quantitative estimate of drug-likeness (QED) is 0.233. The van der Waals surface area contributed by atoms with Gasteiger partial charge in [-0.2, -0.15) is 0 Å². The van der Waals surface area contributed by atoms with E-state index >= 15 is 0 Å². The molecule has 5 rings (SSSR count). The monoisotopic (exact) mass is 567 g/mol. The van der Waals surface area contributed by atoms with E-state index in [-0.39, 0.29) is 11.8 Å². The smallest absolute Gasteiger partial charge is 0.265 e. The third-order valence-electron chi connectivity index (χ3n) is 8.02. The first-order valence-corrected chi connectivity index (χ1v) is 15.6. The fourth-order valence-corrected chi connectivity index (χ4v) is 7.08. The molecular weight excluding hydrogens is 526 g/mol. The van der Waals surface area contributed by atoms with Gasteiger partial charge < -0.3 is 15.1 Å². The van der Waals surface area contributed by atoms with Crippen LogP contribution in [-0.4, -0.2) is 42.9 Å². The molecule has 5 nitrogen and oxygen atoms in total. The molecule has 1 fully saturated rings. The van der Waals surface area contributed by atoms with E-state index in [1.165, 1.54) is 29.3 Å². The third kappa shape index (κ3) is 7.30. The number of carbonyl (C=O) groups is 2. The number of amides is 2. The van der Waals surface area contributed by atoms with Gasteiger partial charge in [-0.15, -0.1) is 0 Å². The highest BCUT2D eigenvalue weighted by molar-refractivity contribution is 8.04. The van der Waals surface area contributed by atoms with Crippen molar-refractivity contribution >= 4 is 35.3 Å². The van der Waals surface area contributed by atoms with Gasteiger partial charge in [0.05, 0.1) is 17.1 Å². The largest absolute Gasteiger partial charge is 0.352 e. The predicted octanol–water partition coefficient (Wildman–Crippen LogP) is 7.08. The first-order valence-electron chi connectivity index (χ1n) is 14.7. The molecule has 0 radical (unpaired) electrons. The fourth-order valence-electron chi connectivity index (χ4n) is 6.02. The summed E-state index contributed by atoms with van der Waals surface area (Å²) >= 11 is 1.50. The number of piperidine rings is 1. The summed E-state index contributed by atoms with van der Waals surface area (Å²) in [7, 11) is 0. The van der Waals surface area contributed by atoms with Crippen LogP contribution in [0.2, 0.25) is 0 Å². The minimum absolute atomic E-state index is 0.00563. The van der Waals surface area contributed by atoms with Crippen molar-refractivity contribution in [1.82, 2.24) is 10.2 Å². The molecule has 214 valence electrons. The van der Waals surface area contributed by atoms with Crippen LogP contribution in [0, 0.1) is 25.7 Å². The molecule has 2 aliphatic rings. The summed E-state index contributed by atoms with van der Waals surface area (Å²) in [6, 6.07) is 22.0. The second-order valence-corrected chi connectivity index (χ2v) is 12.9. The summed E-state index contributed by atoms with van der Waals surface area (Å²) in [6.07, 6.45) is 4.20. The maximum absolute atomic E-state index is 13.7. The second-order valence-electron chi connectivity index (χ2n) is 11.8. The maximum Gasteiger partial charge on any atom is 0.265 e. The molecule has 2 amide bonds. The lowest BCUT2D eigenvalue weighted by Gasteiger charge is -2.34. The van der Waals surface area contributed by atoms with Gasteiger partial charge in [0, 0.05) is 30.1 Å². The zero-order valence-electron chi connectivity index (χ0n) is 24.7. The third-order valence-corrected chi connectivity index (χ3v) is 9.09. The molecular formula is C35H41N3O2S. The van der Waals surface area contributed by atoms with Crippen LogP contribution < -0.4 is 10.2 Å². The molecule has 0 aliphatic carbocycles. The summed E-state index contributed by atoms with van der Waals surface area (Å²) in [5.41, 5.74) is 5.98. The van der Waals surface area contributed by atoms with Crippen LogP contribution in [0.3, 0.4) is 0 Å². The number of anilines is 1. The van der Waals surface area contributed by atoms with Crippen molar-refractivity contribution in [3.8, 4) is 0 Å². The molecule has 41 heavy (non-hydrogen) atoms. The number of benzene rings is 3. The van der Waals surface area contributed by atoms with Gasteiger partial charge in [0.1, 0.15) is 0 Å². The molecule has 1 N–H and O–H groups in total. The van der Waals surface area contributed by atoms with Crippen LogP contribution >= 0.6 is 11.8 Å².